The molecular weight excluding hydrogens is 342 g/mol. The molecule has 0 unspecified atom stereocenters. The van der Waals surface area contributed by atoms with E-state index in [-0.39, 0.29) is 4.90 Å². The van der Waals surface area contributed by atoms with Crippen molar-refractivity contribution in [2.24, 2.45) is 0 Å². The van der Waals surface area contributed by atoms with Crippen molar-refractivity contribution >= 4 is 26.0 Å². The summed E-state index contributed by atoms with van der Waals surface area (Å²) in [7, 11) is -1.41. The molecule has 112 valence electrons. The minimum atomic E-state index is -3.47. The largest absolute Gasteiger partial charge is 0.302 e. The van der Waals surface area contributed by atoms with Crippen LogP contribution in [0.4, 0.5) is 0 Å². The maximum atomic E-state index is 12.1. The molecule has 1 heterocycles. The third-order valence-corrected chi connectivity index (χ3v) is 5.56. The third kappa shape index (κ3) is 4.25. The molecule has 2 rings (SSSR count). The van der Waals surface area contributed by atoms with Crippen LogP contribution in [0.15, 0.2) is 27.8 Å². The zero-order chi connectivity index (χ0) is 14.6. The maximum absolute atomic E-state index is 12.1. The number of halogens is 1. The van der Waals surface area contributed by atoms with Crippen LogP contribution in [0.2, 0.25) is 0 Å². The van der Waals surface area contributed by atoms with Gasteiger partial charge in [0.2, 0.25) is 10.0 Å². The van der Waals surface area contributed by atoms with Gasteiger partial charge in [0.25, 0.3) is 0 Å². The Balaban J connectivity index is 1.86. The first-order valence-electron chi connectivity index (χ1n) is 6.79. The van der Waals surface area contributed by atoms with E-state index in [4.69, 9.17) is 0 Å². The summed E-state index contributed by atoms with van der Waals surface area (Å²) in [4.78, 5) is 6.32. The average Bonchev–Trinajstić information content (AvgIpc) is 2.92. The van der Waals surface area contributed by atoms with Crippen LogP contribution in [-0.4, -0.2) is 44.5 Å². The number of sulfonamides is 1. The summed E-state index contributed by atoms with van der Waals surface area (Å²) in [6.07, 6.45) is 7.92. The topological polar surface area (TPSA) is 62.3 Å². The second-order valence-electron chi connectivity index (χ2n) is 5.16. The van der Waals surface area contributed by atoms with Crippen molar-refractivity contribution in [2.45, 2.75) is 36.6 Å². The first-order chi connectivity index (χ1) is 9.49. The van der Waals surface area contributed by atoms with Gasteiger partial charge in [-0.1, -0.05) is 12.8 Å². The highest BCUT2D eigenvalue weighted by Gasteiger charge is 2.20. The Morgan fingerprint density at radius 3 is 2.75 bits per heavy atom. The van der Waals surface area contributed by atoms with Crippen LogP contribution in [0, 0.1) is 0 Å². The van der Waals surface area contributed by atoms with E-state index in [1.165, 1.54) is 31.9 Å². The fourth-order valence-electron chi connectivity index (χ4n) is 2.51. The molecule has 1 N–H and O–H groups in total. The van der Waals surface area contributed by atoms with E-state index < -0.39 is 10.0 Å². The third-order valence-electron chi connectivity index (χ3n) is 3.69. The summed E-state index contributed by atoms with van der Waals surface area (Å²) < 4.78 is 27.5. The van der Waals surface area contributed by atoms with Crippen LogP contribution >= 0.6 is 15.9 Å². The van der Waals surface area contributed by atoms with Crippen molar-refractivity contribution in [2.75, 3.05) is 20.1 Å². The maximum Gasteiger partial charge on any atom is 0.242 e. The minimum absolute atomic E-state index is 0.190. The molecule has 0 radical (unpaired) electrons. The van der Waals surface area contributed by atoms with E-state index in [1.54, 1.807) is 12.3 Å². The van der Waals surface area contributed by atoms with E-state index in [0.29, 0.717) is 17.1 Å². The lowest BCUT2D eigenvalue weighted by molar-refractivity contribution is 0.250. The van der Waals surface area contributed by atoms with Crippen molar-refractivity contribution in [3.05, 3.63) is 22.9 Å². The summed E-state index contributed by atoms with van der Waals surface area (Å²) in [5.74, 6) is 0. The van der Waals surface area contributed by atoms with Crippen molar-refractivity contribution < 1.29 is 8.42 Å². The Morgan fingerprint density at radius 1 is 1.40 bits per heavy atom. The predicted molar refractivity (Wildman–Crippen MR) is 82.0 cm³/mol. The lowest BCUT2D eigenvalue weighted by Crippen LogP contribution is -2.37. The fourth-order valence-corrected chi connectivity index (χ4v) is 4.03. The molecule has 5 nitrogen and oxygen atoms in total. The van der Waals surface area contributed by atoms with Crippen LogP contribution in [0.5, 0.6) is 0 Å². The highest BCUT2D eigenvalue weighted by Crippen LogP contribution is 2.22. The van der Waals surface area contributed by atoms with E-state index in [9.17, 15) is 8.42 Å². The summed E-state index contributed by atoms with van der Waals surface area (Å²) in [5, 5.41) is 0. The van der Waals surface area contributed by atoms with Crippen molar-refractivity contribution in [1.82, 2.24) is 14.6 Å². The molecule has 1 aromatic rings. The predicted octanol–water partition coefficient (Wildman–Crippen LogP) is 2.00. The Hall–Kier alpha value is -0.500. The summed E-state index contributed by atoms with van der Waals surface area (Å²) in [6, 6.07) is 2.16. The van der Waals surface area contributed by atoms with Gasteiger partial charge < -0.3 is 4.90 Å². The number of nitrogens with one attached hydrogen (secondary N) is 1. The first kappa shape index (κ1) is 15.9. The minimum Gasteiger partial charge on any atom is -0.302 e. The molecule has 0 atom stereocenters. The molecule has 20 heavy (non-hydrogen) atoms. The number of aromatic nitrogens is 1. The van der Waals surface area contributed by atoms with Gasteiger partial charge in [0, 0.05) is 36.0 Å². The second kappa shape index (κ2) is 6.98. The van der Waals surface area contributed by atoms with Gasteiger partial charge in [0.05, 0.1) is 0 Å². The average molecular weight is 362 g/mol. The number of hydrogen-bond acceptors (Lipinski definition) is 4. The Morgan fingerprint density at radius 2 is 2.10 bits per heavy atom. The van der Waals surface area contributed by atoms with Crippen molar-refractivity contribution in [3.63, 3.8) is 0 Å². The first-order valence-corrected chi connectivity index (χ1v) is 9.07. The van der Waals surface area contributed by atoms with E-state index in [1.807, 2.05) is 0 Å². The standard InChI is InChI=1S/C13H20BrN3O2S/c1-17(12-4-2-3-5-12)7-6-16-20(18,19)13-8-11(14)9-15-10-13/h8-10,12,16H,2-7H2,1H3. The molecule has 1 aliphatic rings. The lowest BCUT2D eigenvalue weighted by Gasteiger charge is -2.23. The Kier molecular flexibility index (Phi) is 5.54. The fraction of sp³-hybridized carbons (Fsp3) is 0.615. The zero-order valence-corrected chi connectivity index (χ0v) is 14.0. The van der Waals surface area contributed by atoms with Gasteiger partial charge in [-0.15, -0.1) is 0 Å². The monoisotopic (exact) mass is 361 g/mol. The van der Waals surface area contributed by atoms with Gasteiger partial charge in [-0.25, -0.2) is 13.1 Å². The quantitative estimate of drug-likeness (QED) is 0.841. The van der Waals surface area contributed by atoms with E-state index in [0.717, 1.165) is 6.54 Å². The molecule has 0 amide bonds. The van der Waals surface area contributed by atoms with Gasteiger partial charge >= 0.3 is 0 Å². The Labute approximate surface area is 129 Å². The van der Waals surface area contributed by atoms with Crippen LogP contribution in [0.25, 0.3) is 0 Å². The van der Waals surface area contributed by atoms with E-state index in [2.05, 4.69) is 37.6 Å². The second-order valence-corrected chi connectivity index (χ2v) is 7.84. The van der Waals surface area contributed by atoms with Crippen LogP contribution < -0.4 is 4.72 Å². The molecule has 0 spiro atoms. The highest BCUT2D eigenvalue weighted by molar-refractivity contribution is 9.10. The van der Waals surface area contributed by atoms with Crippen molar-refractivity contribution in [3.8, 4) is 0 Å². The lowest BCUT2D eigenvalue weighted by atomic mass is 10.2. The van der Waals surface area contributed by atoms with Gasteiger partial charge in [-0.05, 0) is 41.9 Å². The number of rotatable bonds is 6. The molecule has 0 aliphatic heterocycles. The smallest absolute Gasteiger partial charge is 0.242 e. The van der Waals surface area contributed by atoms with E-state index >= 15 is 0 Å². The van der Waals surface area contributed by atoms with Gasteiger partial charge in [-0.3, -0.25) is 4.98 Å². The summed E-state index contributed by atoms with van der Waals surface area (Å²) >= 11 is 3.23. The molecule has 7 heteroatoms. The SMILES string of the molecule is CN(CCNS(=O)(=O)c1cncc(Br)c1)C1CCCC1. The number of nitrogens with zero attached hydrogens (tertiary/aromatic N) is 2. The summed E-state index contributed by atoms with van der Waals surface area (Å²) in [6.45, 7) is 1.15. The van der Waals surface area contributed by atoms with Gasteiger partial charge in [0.1, 0.15) is 4.90 Å². The summed E-state index contributed by atoms with van der Waals surface area (Å²) in [5.41, 5.74) is 0. The molecule has 1 aliphatic carbocycles. The number of pyridine rings is 1. The van der Waals surface area contributed by atoms with Crippen LogP contribution in [0.1, 0.15) is 25.7 Å². The number of likely N-dealkylation sites (N-methyl/N-ethyl adjacent to an activating group) is 1. The molecule has 0 bridgehead atoms. The molecule has 0 saturated heterocycles. The Bertz CT molecular complexity index is 544. The number of hydrogen-bond donors (Lipinski definition) is 1. The van der Waals surface area contributed by atoms with Crippen LogP contribution in [0.3, 0.4) is 0 Å². The normalized spacial score (nSPS) is 16.9. The molecule has 0 aromatic carbocycles. The zero-order valence-electron chi connectivity index (χ0n) is 11.5. The van der Waals surface area contributed by atoms with Gasteiger partial charge in [-0.2, -0.15) is 0 Å². The van der Waals surface area contributed by atoms with Crippen LogP contribution in [-0.2, 0) is 10.0 Å². The molecule has 1 fully saturated rings. The molecule has 1 aromatic heterocycles. The molecular formula is C13H20BrN3O2S. The highest BCUT2D eigenvalue weighted by atomic mass is 79.9. The van der Waals surface area contributed by atoms with Gasteiger partial charge in [0.15, 0.2) is 0 Å². The molecule has 1 saturated carbocycles. The van der Waals surface area contributed by atoms with Crippen molar-refractivity contribution in [1.29, 1.82) is 0 Å².